The summed E-state index contributed by atoms with van der Waals surface area (Å²) in [7, 11) is 1.92. The van der Waals surface area contributed by atoms with Crippen LogP contribution in [0.15, 0.2) is 18.5 Å². The molecule has 10 nitrogen and oxygen atoms in total. The Morgan fingerprint density at radius 3 is 2.79 bits per heavy atom. The zero-order valence-electron chi connectivity index (χ0n) is 16.3. The molecule has 154 valence electrons. The van der Waals surface area contributed by atoms with Crippen LogP contribution in [0.2, 0.25) is 0 Å². The lowest BCUT2D eigenvalue weighted by atomic mass is 10.1. The Hall–Kier alpha value is -2.11. The summed E-state index contributed by atoms with van der Waals surface area (Å²) in [5, 5.41) is 21.3. The summed E-state index contributed by atoms with van der Waals surface area (Å²) in [4.78, 5) is 14.8. The van der Waals surface area contributed by atoms with E-state index in [1.807, 2.05) is 31.0 Å². The molecule has 1 fully saturated rings. The minimum Gasteiger partial charge on any atom is -0.387 e. The molecule has 3 rings (SSSR count). The average molecular weight is 391 g/mol. The largest absolute Gasteiger partial charge is 0.387 e. The van der Waals surface area contributed by atoms with Crippen molar-refractivity contribution in [1.29, 1.82) is 0 Å². The van der Waals surface area contributed by atoms with E-state index in [-0.39, 0.29) is 5.82 Å². The first kappa shape index (κ1) is 20.6. The zero-order chi connectivity index (χ0) is 20.3. The standard InChI is InChI=1S/C18H29N7O3/c1-3-6-12-23-13-16(20)21-10-22-17(13)25(12)18-15(27)14(26)11(28-18)9-24(2)8-5-4-7-19/h4-5,10-11,14-15,18,26-27H,3,6-9,19H2,1-2H3,(H2,20,21,22)/t11-,14-,15-,18-/m1/s1. The number of aliphatic hydroxyl groups excluding tert-OH is 2. The highest BCUT2D eigenvalue weighted by Gasteiger charge is 2.45. The number of hydrogen-bond acceptors (Lipinski definition) is 9. The van der Waals surface area contributed by atoms with E-state index in [9.17, 15) is 10.2 Å². The van der Waals surface area contributed by atoms with Crippen LogP contribution in [0.3, 0.4) is 0 Å². The fraction of sp³-hybridized carbons (Fsp3) is 0.611. The van der Waals surface area contributed by atoms with Gasteiger partial charge >= 0.3 is 0 Å². The predicted molar refractivity (Wildman–Crippen MR) is 105 cm³/mol. The second kappa shape index (κ2) is 8.93. The first-order valence-electron chi connectivity index (χ1n) is 9.50. The van der Waals surface area contributed by atoms with Crippen LogP contribution in [-0.4, -0.2) is 79.6 Å². The van der Waals surface area contributed by atoms with E-state index in [0.717, 1.165) is 6.42 Å². The number of aliphatic hydroxyl groups is 2. The van der Waals surface area contributed by atoms with Gasteiger partial charge in [-0.1, -0.05) is 19.1 Å². The lowest BCUT2D eigenvalue weighted by Crippen LogP contribution is -2.38. The molecule has 6 N–H and O–H groups in total. The SMILES string of the molecule is CCCc1nc2c(N)ncnc2n1[C@@H]1O[C@H](CN(C)CC=CCN)[C@@H](O)[C@H]1O. The number of nitrogens with zero attached hydrogens (tertiary/aromatic N) is 5. The Morgan fingerprint density at radius 2 is 2.07 bits per heavy atom. The Labute approximate surface area is 163 Å². The van der Waals surface area contributed by atoms with Gasteiger partial charge in [0.05, 0.1) is 0 Å². The lowest BCUT2D eigenvalue weighted by molar-refractivity contribution is -0.0428. The first-order chi connectivity index (χ1) is 13.5. The summed E-state index contributed by atoms with van der Waals surface area (Å²) >= 11 is 0. The number of anilines is 1. The minimum absolute atomic E-state index is 0.275. The summed E-state index contributed by atoms with van der Waals surface area (Å²) in [6.45, 7) is 3.64. The highest BCUT2D eigenvalue weighted by molar-refractivity contribution is 5.81. The van der Waals surface area contributed by atoms with Crippen LogP contribution in [0.1, 0.15) is 25.4 Å². The lowest BCUT2D eigenvalue weighted by Gasteiger charge is -2.22. The number of fused-ring (bicyclic) bond motifs is 1. The first-order valence-corrected chi connectivity index (χ1v) is 9.50. The molecule has 2 aromatic heterocycles. The number of ether oxygens (including phenoxy) is 1. The molecular weight excluding hydrogens is 362 g/mol. The highest BCUT2D eigenvalue weighted by Crippen LogP contribution is 2.34. The molecular formula is C18H29N7O3. The molecule has 1 aliphatic heterocycles. The third-order valence-corrected chi connectivity index (χ3v) is 4.86. The van der Waals surface area contributed by atoms with Gasteiger partial charge in [-0.15, -0.1) is 0 Å². The molecule has 0 amide bonds. The van der Waals surface area contributed by atoms with Crippen molar-refractivity contribution in [2.75, 3.05) is 32.4 Å². The molecule has 0 saturated carbocycles. The fourth-order valence-corrected chi connectivity index (χ4v) is 3.46. The van der Waals surface area contributed by atoms with Gasteiger partial charge in [0.15, 0.2) is 23.2 Å². The number of hydrogen-bond donors (Lipinski definition) is 4. The minimum atomic E-state index is -1.11. The van der Waals surface area contributed by atoms with Gasteiger partial charge in [0, 0.05) is 26.1 Å². The van der Waals surface area contributed by atoms with Crippen LogP contribution in [0, 0.1) is 0 Å². The van der Waals surface area contributed by atoms with Crippen LogP contribution >= 0.6 is 0 Å². The third-order valence-electron chi connectivity index (χ3n) is 4.86. The summed E-state index contributed by atoms with van der Waals surface area (Å²) in [6, 6.07) is 0. The van der Waals surface area contributed by atoms with Gasteiger partial charge in [-0.05, 0) is 13.5 Å². The highest BCUT2D eigenvalue weighted by atomic mass is 16.6. The van der Waals surface area contributed by atoms with Crippen LogP contribution in [0.25, 0.3) is 11.2 Å². The maximum Gasteiger partial charge on any atom is 0.167 e. The van der Waals surface area contributed by atoms with Crippen molar-refractivity contribution in [3.8, 4) is 0 Å². The zero-order valence-corrected chi connectivity index (χ0v) is 16.3. The molecule has 1 saturated heterocycles. The van der Waals surface area contributed by atoms with Gasteiger partial charge < -0.3 is 31.3 Å². The van der Waals surface area contributed by atoms with E-state index in [0.29, 0.717) is 43.0 Å². The number of imidazole rings is 1. The Kier molecular flexibility index (Phi) is 6.57. The van der Waals surface area contributed by atoms with Crippen molar-refractivity contribution in [2.45, 2.75) is 44.3 Å². The quantitative estimate of drug-likeness (QED) is 0.434. The number of nitrogen functional groups attached to an aromatic ring is 1. The van der Waals surface area contributed by atoms with Crippen LogP contribution in [-0.2, 0) is 11.2 Å². The van der Waals surface area contributed by atoms with E-state index in [1.54, 1.807) is 4.57 Å². The van der Waals surface area contributed by atoms with E-state index < -0.39 is 24.5 Å². The molecule has 2 aromatic rings. The summed E-state index contributed by atoms with van der Waals surface area (Å²) in [6.07, 6.45) is 3.21. The molecule has 10 heteroatoms. The molecule has 0 spiro atoms. The molecule has 0 aromatic carbocycles. The summed E-state index contributed by atoms with van der Waals surface area (Å²) in [5.41, 5.74) is 12.4. The van der Waals surface area contributed by atoms with Crippen molar-refractivity contribution in [2.24, 2.45) is 5.73 Å². The molecule has 1 aliphatic rings. The topological polar surface area (TPSA) is 149 Å². The summed E-state index contributed by atoms with van der Waals surface area (Å²) < 4.78 is 7.81. The number of likely N-dealkylation sites (N-methyl/N-ethyl adjacent to an activating group) is 1. The van der Waals surface area contributed by atoms with E-state index >= 15 is 0 Å². The maximum absolute atomic E-state index is 10.7. The molecule has 0 radical (unpaired) electrons. The second-order valence-corrected chi connectivity index (χ2v) is 7.05. The van der Waals surface area contributed by atoms with E-state index in [2.05, 4.69) is 15.0 Å². The van der Waals surface area contributed by atoms with Crippen LogP contribution in [0.4, 0.5) is 5.82 Å². The number of nitrogens with two attached hydrogens (primary N) is 2. The van der Waals surface area contributed by atoms with Crippen molar-refractivity contribution in [3.63, 3.8) is 0 Å². The fourth-order valence-electron chi connectivity index (χ4n) is 3.46. The average Bonchev–Trinajstić information content (AvgIpc) is 3.15. The Morgan fingerprint density at radius 1 is 1.29 bits per heavy atom. The molecule has 4 atom stereocenters. The summed E-state index contributed by atoms with van der Waals surface area (Å²) in [5.74, 6) is 0.970. The van der Waals surface area contributed by atoms with Crippen LogP contribution in [0.5, 0.6) is 0 Å². The van der Waals surface area contributed by atoms with Gasteiger partial charge in [0.1, 0.15) is 30.5 Å². The van der Waals surface area contributed by atoms with Gasteiger partial charge in [-0.3, -0.25) is 4.57 Å². The number of aryl methyl sites for hydroxylation is 1. The molecule has 0 unspecified atom stereocenters. The molecule has 0 bridgehead atoms. The molecule has 0 aliphatic carbocycles. The van der Waals surface area contributed by atoms with Gasteiger partial charge in [-0.2, -0.15) is 0 Å². The predicted octanol–water partition coefficient (Wildman–Crippen LogP) is -0.573. The van der Waals surface area contributed by atoms with E-state index in [1.165, 1.54) is 6.33 Å². The van der Waals surface area contributed by atoms with Crippen LogP contribution < -0.4 is 11.5 Å². The normalized spacial score (nSPS) is 25.5. The molecule has 3 heterocycles. The van der Waals surface area contributed by atoms with Crippen molar-refractivity contribution in [3.05, 3.63) is 24.3 Å². The smallest absolute Gasteiger partial charge is 0.167 e. The second-order valence-electron chi connectivity index (χ2n) is 7.05. The van der Waals surface area contributed by atoms with Gasteiger partial charge in [0.2, 0.25) is 0 Å². The van der Waals surface area contributed by atoms with Crippen molar-refractivity contribution < 1.29 is 14.9 Å². The number of rotatable bonds is 8. The van der Waals surface area contributed by atoms with E-state index in [4.69, 9.17) is 16.2 Å². The monoisotopic (exact) mass is 391 g/mol. The van der Waals surface area contributed by atoms with Gasteiger partial charge in [-0.25, -0.2) is 15.0 Å². The molecule has 28 heavy (non-hydrogen) atoms. The third kappa shape index (κ3) is 4.01. The maximum atomic E-state index is 10.7. The van der Waals surface area contributed by atoms with Crippen molar-refractivity contribution >= 4 is 17.0 Å². The number of aromatic nitrogens is 4. The Bertz CT molecular complexity index is 825. The van der Waals surface area contributed by atoms with Crippen molar-refractivity contribution in [1.82, 2.24) is 24.4 Å². The Balaban J connectivity index is 1.86. The van der Waals surface area contributed by atoms with Gasteiger partial charge in [0.25, 0.3) is 0 Å².